The zero-order chi connectivity index (χ0) is 13.1. The lowest BCUT2D eigenvalue weighted by atomic mass is 9.96. The number of hydrogen-bond donors (Lipinski definition) is 1. The van der Waals surface area contributed by atoms with Crippen LogP contribution in [0.4, 0.5) is 4.39 Å². The molecule has 1 aliphatic rings. The van der Waals surface area contributed by atoms with Crippen molar-refractivity contribution in [3.05, 3.63) is 28.0 Å². The summed E-state index contributed by atoms with van der Waals surface area (Å²) in [5.41, 5.74) is 0.421. The molecule has 18 heavy (non-hydrogen) atoms. The molecule has 1 atom stereocenters. The van der Waals surface area contributed by atoms with Crippen LogP contribution < -0.4 is 10.1 Å². The second kappa shape index (κ2) is 5.80. The third kappa shape index (κ3) is 2.72. The van der Waals surface area contributed by atoms with E-state index in [1.807, 2.05) is 0 Å². The highest BCUT2D eigenvalue weighted by Crippen LogP contribution is 2.28. The van der Waals surface area contributed by atoms with Gasteiger partial charge in [-0.25, -0.2) is 4.39 Å². The van der Waals surface area contributed by atoms with Crippen molar-refractivity contribution in [1.29, 1.82) is 0 Å². The summed E-state index contributed by atoms with van der Waals surface area (Å²) in [6.07, 6.45) is 2.94. The van der Waals surface area contributed by atoms with E-state index >= 15 is 0 Å². The Morgan fingerprint density at radius 1 is 1.50 bits per heavy atom. The number of piperidine rings is 1. The van der Waals surface area contributed by atoms with Gasteiger partial charge in [-0.05, 0) is 41.4 Å². The highest BCUT2D eigenvalue weighted by Gasteiger charge is 2.25. The molecular weight excluding hydrogens is 301 g/mol. The molecule has 1 saturated heterocycles. The highest BCUT2D eigenvalue weighted by molar-refractivity contribution is 9.10. The van der Waals surface area contributed by atoms with Crippen molar-refractivity contribution < 1.29 is 13.9 Å². The maximum Gasteiger partial charge on any atom is 0.183 e. The smallest absolute Gasteiger partial charge is 0.183 e. The molecule has 1 N–H and O–H groups in total. The lowest BCUT2D eigenvalue weighted by molar-refractivity contribution is 0.0924. The summed E-state index contributed by atoms with van der Waals surface area (Å²) >= 11 is 3.10. The third-order valence-electron chi connectivity index (χ3n) is 3.13. The van der Waals surface area contributed by atoms with Crippen molar-refractivity contribution in [2.75, 3.05) is 13.7 Å². The van der Waals surface area contributed by atoms with E-state index in [9.17, 15) is 9.18 Å². The van der Waals surface area contributed by atoms with E-state index in [1.165, 1.54) is 19.2 Å². The average Bonchev–Trinajstić information content (AvgIpc) is 2.41. The number of benzene rings is 1. The van der Waals surface area contributed by atoms with Gasteiger partial charge in [0.15, 0.2) is 5.78 Å². The predicted molar refractivity (Wildman–Crippen MR) is 70.6 cm³/mol. The Morgan fingerprint density at radius 3 is 2.89 bits per heavy atom. The number of nitrogens with one attached hydrogen (secondary N) is 1. The van der Waals surface area contributed by atoms with Gasteiger partial charge in [-0.1, -0.05) is 6.42 Å². The summed E-state index contributed by atoms with van der Waals surface area (Å²) in [5.74, 6) is -0.180. The first-order valence-electron chi connectivity index (χ1n) is 5.94. The number of ketones is 1. The van der Waals surface area contributed by atoms with Gasteiger partial charge in [-0.2, -0.15) is 0 Å². The van der Waals surface area contributed by atoms with Gasteiger partial charge in [0, 0.05) is 6.07 Å². The van der Waals surface area contributed by atoms with Gasteiger partial charge in [0.2, 0.25) is 0 Å². The topological polar surface area (TPSA) is 38.3 Å². The second-order valence-electron chi connectivity index (χ2n) is 4.33. The summed E-state index contributed by atoms with van der Waals surface area (Å²) in [7, 11) is 1.44. The fraction of sp³-hybridized carbons (Fsp3) is 0.462. The summed E-state index contributed by atoms with van der Waals surface area (Å²) in [5, 5.41) is 3.19. The Balaban J connectivity index is 2.31. The minimum Gasteiger partial charge on any atom is -0.496 e. The van der Waals surface area contributed by atoms with Crippen molar-refractivity contribution in [3.8, 4) is 5.75 Å². The van der Waals surface area contributed by atoms with E-state index in [-0.39, 0.29) is 22.0 Å². The molecule has 98 valence electrons. The molecule has 0 aromatic heterocycles. The minimum atomic E-state index is -0.431. The van der Waals surface area contributed by atoms with Gasteiger partial charge in [-0.15, -0.1) is 0 Å². The van der Waals surface area contributed by atoms with Crippen LogP contribution in [-0.2, 0) is 0 Å². The van der Waals surface area contributed by atoms with Gasteiger partial charge in [-0.3, -0.25) is 4.79 Å². The molecule has 1 fully saturated rings. The van der Waals surface area contributed by atoms with Crippen molar-refractivity contribution in [3.63, 3.8) is 0 Å². The SMILES string of the molecule is COc1cc(F)c(Br)cc1C(=O)C1CCCCN1. The molecule has 2 rings (SSSR count). The van der Waals surface area contributed by atoms with Crippen LogP contribution in [0.25, 0.3) is 0 Å². The molecule has 0 radical (unpaired) electrons. The first-order chi connectivity index (χ1) is 8.63. The molecule has 0 spiro atoms. The quantitative estimate of drug-likeness (QED) is 0.872. The Morgan fingerprint density at radius 2 is 2.28 bits per heavy atom. The summed E-state index contributed by atoms with van der Waals surface area (Å²) in [4.78, 5) is 12.4. The van der Waals surface area contributed by atoms with Crippen molar-refractivity contribution in [2.24, 2.45) is 0 Å². The number of hydrogen-bond acceptors (Lipinski definition) is 3. The highest BCUT2D eigenvalue weighted by atomic mass is 79.9. The van der Waals surface area contributed by atoms with Crippen LogP contribution in [0.5, 0.6) is 5.75 Å². The fourth-order valence-electron chi connectivity index (χ4n) is 2.15. The van der Waals surface area contributed by atoms with E-state index in [0.29, 0.717) is 5.56 Å². The number of ether oxygens (including phenoxy) is 1. The Bertz CT molecular complexity index is 459. The molecule has 1 aliphatic heterocycles. The second-order valence-corrected chi connectivity index (χ2v) is 5.19. The van der Waals surface area contributed by atoms with Crippen LogP contribution in [0, 0.1) is 5.82 Å². The summed E-state index contributed by atoms with van der Waals surface area (Å²) in [6.45, 7) is 0.848. The van der Waals surface area contributed by atoms with E-state index in [1.54, 1.807) is 0 Å². The van der Waals surface area contributed by atoms with E-state index in [0.717, 1.165) is 25.8 Å². The maximum absolute atomic E-state index is 13.4. The third-order valence-corrected chi connectivity index (χ3v) is 3.74. The van der Waals surface area contributed by atoms with Gasteiger partial charge in [0.05, 0.1) is 23.2 Å². The Labute approximate surface area is 114 Å². The number of carbonyl (C=O) groups is 1. The summed E-state index contributed by atoms with van der Waals surface area (Å²) < 4.78 is 18.8. The van der Waals surface area contributed by atoms with Gasteiger partial charge in [0.25, 0.3) is 0 Å². The van der Waals surface area contributed by atoms with Crippen LogP contribution in [0.1, 0.15) is 29.6 Å². The first kappa shape index (κ1) is 13.5. The molecule has 1 unspecified atom stereocenters. The maximum atomic E-state index is 13.4. The molecule has 0 bridgehead atoms. The average molecular weight is 316 g/mol. The lowest BCUT2D eigenvalue weighted by Gasteiger charge is -2.23. The van der Waals surface area contributed by atoms with E-state index in [2.05, 4.69) is 21.2 Å². The van der Waals surface area contributed by atoms with Gasteiger partial charge in [0.1, 0.15) is 11.6 Å². The molecule has 3 nitrogen and oxygen atoms in total. The zero-order valence-electron chi connectivity index (χ0n) is 10.1. The largest absolute Gasteiger partial charge is 0.496 e. The van der Waals surface area contributed by atoms with Crippen LogP contribution in [0.15, 0.2) is 16.6 Å². The first-order valence-corrected chi connectivity index (χ1v) is 6.73. The molecular formula is C13H15BrFNO2. The predicted octanol–water partition coefficient (Wildman–Crippen LogP) is 2.92. The van der Waals surface area contributed by atoms with Crippen LogP contribution >= 0.6 is 15.9 Å². The monoisotopic (exact) mass is 315 g/mol. The number of Topliss-reactive ketones (excluding diaryl/α,β-unsaturated/α-hetero) is 1. The van der Waals surface area contributed by atoms with Crippen molar-refractivity contribution in [2.45, 2.75) is 25.3 Å². The Hall–Kier alpha value is -0.940. The molecule has 1 aromatic rings. The van der Waals surface area contributed by atoms with E-state index < -0.39 is 5.82 Å². The standard InChI is InChI=1S/C13H15BrFNO2/c1-18-12-7-10(15)9(14)6-8(12)13(17)11-4-2-3-5-16-11/h6-7,11,16H,2-5H2,1H3. The molecule has 0 aliphatic carbocycles. The molecule has 0 amide bonds. The number of methoxy groups -OCH3 is 1. The van der Waals surface area contributed by atoms with E-state index in [4.69, 9.17) is 4.74 Å². The summed E-state index contributed by atoms with van der Waals surface area (Å²) in [6, 6.07) is 2.54. The van der Waals surface area contributed by atoms with Crippen LogP contribution in [-0.4, -0.2) is 25.5 Å². The van der Waals surface area contributed by atoms with Crippen molar-refractivity contribution in [1.82, 2.24) is 5.32 Å². The molecule has 0 saturated carbocycles. The number of halogens is 2. The molecule has 1 aromatic carbocycles. The molecule has 5 heteroatoms. The number of rotatable bonds is 3. The van der Waals surface area contributed by atoms with Gasteiger partial charge < -0.3 is 10.1 Å². The van der Waals surface area contributed by atoms with Crippen LogP contribution in [0.2, 0.25) is 0 Å². The fourth-order valence-corrected chi connectivity index (χ4v) is 2.50. The van der Waals surface area contributed by atoms with Crippen LogP contribution in [0.3, 0.4) is 0 Å². The Kier molecular flexibility index (Phi) is 4.35. The van der Waals surface area contributed by atoms with Crippen molar-refractivity contribution >= 4 is 21.7 Å². The zero-order valence-corrected chi connectivity index (χ0v) is 11.7. The van der Waals surface area contributed by atoms with Gasteiger partial charge >= 0.3 is 0 Å². The lowest BCUT2D eigenvalue weighted by Crippen LogP contribution is -2.40. The minimum absolute atomic E-state index is 0.0350. The number of carbonyl (C=O) groups excluding carboxylic acids is 1. The molecule has 1 heterocycles. The normalized spacial score (nSPS) is 19.6.